The van der Waals surface area contributed by atoms with Gasteiger partial charge in [0.15, 0.2) is 0 Å². The van der Waals surface area contributed by atoms with Crippen molar-refractivity contribution in [1.29, 1.82) is 0 Å². The Hall–Kier alpha value is -1.06. The highest BCUT2D eigenvalue weighted by molar-refractivity contribution is 5.47. The molecule has 2 atom stereocenters. The molecule has 0 bridgehead atoms. The average molecular weight is 248 g/mol. The van der Waals surface area contributed by atoms with Crippen molar-refractivity contribution >= 4 is 0 Å². The van der Waals surface area contributed by atoms with E-state index in [2.05, 4.69) is 37.9 Å². The van der Waals surface area contributed by atoms with Gasteiger partial charge in [0, 0.05) is 18.2 Å². The minimum absolute atomic E-state index is 0.438. The number of hydrogen-bond donors (Lipinski definition) is 1. The third-order valence-electron chi connectivity index (χ3n) is 4.24. The van der Waals surface area contributed by atoms with Crippen LogP contribution >= 0.6 is 0 Å². The summed E-state index contributed by atoms with van der Waals surface area (Å²) in [5.74, 6) is 1.65. The Bertz CT molecular complexity index is 431. The van der Waals surface area contributed by atoms with Crippen LogP contribution in [0.3, 0.4) is 0 Å². The lowest BCUT2D eigenvalue weighted by molar-refractivity contribution is 0.302. The maximum Gasteiger partial charge on any atom is 0.126 e. The third-order valence-corrected chi connectivity index (χ3v) is 4.24. The van der Waals surface area contributed by atoms with Gasteiger partial charge in [-0.25, -0.2) is 0 Å². The second-order valence-corrected chi connectivity index (χ2v) is 5.42. The van der Waals surface area contributed by atoms with Gasteiger partial charge in [-0.05, 0) is 50.9 Å². The molecule has 1 aliphatic rings. The van der Waals surface area contributed by atoms with Crippen molar-refractivity contribution in [3.63, 3.8) is 0 Å². The van der Waals surface area contributed by atoms with Crippen LogP contribution < -0.4 is 10.5 Å². The first-order valence-corrected chi connectivity index (χ1v) is 6.62. The molecule has 0 spiro atoms. The van der Waals surface area contributed by atoms with Crippen molar-refractivity contribution in [2.75, 3.05) is 27.2 Å². The molecule has 3 heteroatoms. The van der Waals surface area contributed by atoms with Gasteiger partial charge in [0.1, 0.15) is 5.75 Å². The van der Waals surface area contributed by atoms with Crippen LogP contribution in [0, 0.1) is 19.8 Å². The molecule has 1 aromatic carbocycles. The topological polar surface area (TPSA) is 38.5 Å². The molecule has 0 amide bonds. The van der Waals surface area contributed by atoms with Crippen LogP contribution in [0.5, 0.6) is 5.75 Å². The normalized spacial score (nSPS) is 24.5. The molecule has 3 nitrogen and oxygen atoms in total. The van der Waals surface area contributed by atoms with Gasteiger partial charge in [-0.15, -0.1) is 0 Å². The van der Waals surface area contributed by atoms with Crippen LogP contribution in [0.4, 0.5) is 0 Å². The van der Waals surface area contributed by atoms with Gasteiger partial charge >= 0.3 is 0 Å². The van der Waals surface area contributed by atoms with Gasteiger partial charge in [0.2, 0.25) is 0 Å². The number of hydrogen-bond acceptors (Lipinski definition) is 3. The van der Waals surface area contributed by atoms with E-state index in [4.69, 9.17) is 10.5 Å². The first-order chi connectivity index (χ1) is 8.58. The Morgan fingerprint density at radius 3 is 2.67 bits per heavy atom. The van der Waals surface area contributed by atoms with E-state index in [9.17, 15) is 0 Å². The van der Waals surface area contributed by atoms with Crippen LogP contribution in [0.25, 0.3) is 0 Å². The minimum Gasteiger partial charge on any atom is -0.496 e. The van der Waals surface area contributed by atoms with E-state index >= 15 is 0 Å². The summed E-state index contributed by atoms with van der Waals surface area (Å²) in [5.41, 5.74) is 9.64. The van der Waals surface area contributed by atoms with Crippen LogP contribution in [-0.4, -0.2) is 32.1 Å². The van der Waals surface area contributed by atoms with Gasteiger partial charge in [-0.3, -0.25) is 4.90 Å². The van der Waals surface area contributed by atoms with Gasteiger partial charge in [0.05, 0.1) is 7.11 Å². The van der Waals surface area contributed by atoms with Crippen LogP contribution in [0.2, 0.25) is 0 Å². The predicted molar refractivity (Wildman–Crippen MR) is 75.0 cm³/mol. The zero-order valence-corrected chi connectivity index (χ0v) is 11.9. The third kappa shape index (κ3) is 2.25. The van der Waals surface area contributed by atoms with E-state index in [1.807, 2.05) is 0 Å². The summed E-state index contributed by atoms with van der Waals surface area (Å²) in [4.78, 5) is 2.39. The molecule has 0 radical (unpaired) electrons. The van der Waals surface area contributed by atoms with E-state index in [-0.39, 0.29) is 0 Å². The molecule has 0 saturated carbocycles. The quantitative estimate of drug-likeness (QED) is 0.891. The summed E-state index contributed by atoms with van der Waals surface area (Å²) >= 11 is 0. The summed E-state index contributed by atoms with van der Waals surface area (Å²) in [7, 11) is 3.94. The summed E-state index contributed by atoms with van der Waals surface area (Å²) in [6.07, 6.45) is 1.13. The lowest BCUT2D eigenvalue weighted by Gasteiger charge is -2.23. The molecular formula is C15H24N2O. The van der Waals surface area contributed by atoms with Gasteiger partial charge < -0.3 is 10.5 Å². The Labute approximate surface area is 110 Å². The molecule has 1 heterocycles. The summed E-state index contributed by atoms with van der Waals surface area (Å²) in [6, 6.07) is 4.84. The number of methoxy groups -OCH3 is 1. The monoisotopic (exact) mass is 248 g/mol. The molecule has 1 saturated heterocycles. The van der Waals surface area contributed by atoms with E-state index in [1.54, 1.807) is 7.11 Å². The lowest BCUT2D eigenvalue weighted by Crippen LogP contribution is -2.21. The average Bonchev–Trinajstić information content (AvgIpc) is 2.74. The van der Waals surface area contributed by atoms with E-state index in [0.717, 1.165) is 25.3 Å². The molecular weight excluding hydrogens is 224 g/mol. The molecule has 18 heavy (non-hydrogen) atoms. The van der Waals surface area contributed by atoms with Gasteiger partial charge in [-0.1, -0.05) is 12.1 Å². The molecule has 100 valence electrons. The van der Waals surface area contributed by atoms with Crippen LogP contribution in [0.15, 0.2) is 12.1 Å². The standard InChI is InChI=1S/C15H24N2O/c1-10-5-6-13(15(18-4)11(10)2)14-7-12(8-16)9-17(14)3/h5-6,12,14H,7-9,16H2,1-4H3. The van der Waals surface area contributed by atoms with E-state index in [1.165, 1.54) is 16.7 Å². The maximum atomic E-state index is 5.80. The number of nitrogens with two attached hydrogens (primary N) is 1. The zero-order chi connectivity index (χ0) is 13.3. The lowest BCUT2D eigenvalue weighted by atomic mass is 9.95. The smallest absolute Gasteiger partial charge is 0.126 e. The first kappa shape index (κ1) is 13.4. The number of benzene rings is 1. The highest BCUT2D eigenvalue weighted by atomic mass is 16.5. The predicted octanol–water partition coefficient (Wildman–Crippen LogP) is 2.26. The molecule has 1 aliphatic heterocycles. The van der Waals surface area contributed by atoms with Crippen LogP contribution in [0.1, 0.15) is 29.2 Å². The number of ether oxygens (including phenoxy) is 1. The SMILES string of the molecule is COc1c(C2CC(CN)CN2C)ccc(C)c1C. The van der Waals surface area contributed by atoms with Gasteiger partial charge in [-0.2, -0.15) is 0 Å². The van der Waals surface area contributed by atoms with Crippen molar-refractivity contribution in [3.05, 3.63) is 28.8 Å². The van der Waals surface area contributed by atoms with Crippen LogP contribution in [-0.2, 0) is 0 Å². The fraction of sp³-hybridized carbons (Fsp3) is 0.600. The summed E-state index contributed by atoms with van der Waals surface area (Å²) < 4.78 is 5.63. The summed E-state index contributed by atoms with van der Waals surface area (Å²) in [5, 5.41) is 0. The van der Waals surface area contributed by atoms with Crippen molar-refractivity contribution < 1.29 is 4.74 Å². The first-order valence-electron chi connectivity index (χ1n) is 6.62. The second kappa shape index (κ2) is 5.29. The van der Waals surface area contributed by atoms with Gasteiger partial charge in [0.25, 0.3) is 0 Å². The fourth-order valence-electron chi connectivity index (χ4n) is 2.98. The molecule has 1 fully saturated rings. The van der Waals surface area contributed by atoms with Crippen molar-refractivity contribution in [2.45, 2.75) is 26.3 Å². The second-order valence-electron chi connectivity index (χ2n) is 5.42. The van der Waals surface area contributed by atoms with Crippen molar-refractivity contribution in [3.8, 4) is 5.75 Å². The largest absolute Gasteiger partial charge is 0.496 e. The molecule has 0 aromatic heterocycles. The number of nitrogens with zero attached hydrogens (tertiary/aromatic N) is 1. The van der Waals surface area contributed by atoms with E-state index < -0.39 is 0 Å². The molecule has 0 aliphatic carbocycles. The Kier molecular flexibility index (Phi) is 3.93. The number of likely N-dealkylation sites (tertiary alicyclic amines) is 1. The number of rotatable bonds is 3. The molecule has 2 N–H and O–H groups in total. The molecule has 1 aromatic rings. The maximum absolute atomic E-state index is 5.80. The minimum atomic E-state index is 0.438. The Morgan fingerprint density at radius 2 is 2.11 bits per heavy atom. The Balaban J connectivity index is 2.36. The highest BCUT2D eigenvalue weighted by Crippen LogP contribution is 2.40. The zero-order valence-electron chi connectivity index (χ0n) is 11.9. The summed E-state index contributed by atoms with van der Waals surface area (Å²) in [6.45, 7) is 6.11. The van der Waals surface area contributed by atoms with Crippen molar-refractivity contribution in [1.82, 2.24) is 4.90 Å². The number of aryl methyl sites for hydroxylation is 1. The Morgan fingerprint density at radius 1 is 1.39 bits per heavy atom. The fourth-order valence-corrected chi connectivity index (χ4v) is 2.98. The molecule has 2 unspecified atom stereocenters. The highest BCUT2D eigenvalue weighted by Gasteiger charge is 2.31. The van der Waals surface area contributed by atoms with E-state index in [0.29, 0.717) is 12.0 Å². The van der Waals surface area contributed by atoms with Crippen molar-refractivity contribution in [2.24, 2.45) is 11.7 Å². The molecule has 2 rings (SSSR count).